The second-order valence-corrected chi connectivity index (χ2v) is 7.21. The Morgan fingerprint density at radius 1 is 1.08 bits per heavy atom. The van der Waals surface area contributed by atoms with Crippen LogP contribution in [0.1, 0.15) is 18.9 Å². The molecular weight excluding hydrogens is 350 g/mol. The minimum atomic E-state index is -3.68. The summed E-state index contributed by atoms with van der Waals surface area (Å²) >= 11 is 6.10. The van der Waals surface area contributed by atoms with Gasteiger partial charge in [-0.2, -0.15) is 9.71 Å². The van der Waals surface area contributed by atoms with Crippen LogP contribution >= 0.6 is 11.6 Å². The van der Waals surface area contributed by atoms with E-state index >= 15 is 0 Å². The normalized spacial score (nSPS) is 12.9. The Hall–Kier alpha value is -2.22. The highest BCUT2D eigenvalue weighted by Gasteiger charge is 2.22. The van der Waals surface area contributed by atoms with E-state index in [4.69, 9.17) is 16.1 Å². The molecule has 0 aliphatic carbocycles. The number of halogens is 1. The monoisotopic (exact) mass is 363 g/mol. The molecule has 1 heterocycles. The number of aromatic nitrogens is 2. The molecule has 2 aromatic carbocycles. The largest absolute Gasteiger partial charge is 0.337 e. The maximum Gasteiger partial charge on any atom is 0.244 e. The second-order valence-electron chi connectivity index (χ2n) is 5.09. The summed E-state index contributed by atoms with van der Waals surface area (Å²) in [4.78, 5) is 4.40. The van der Waals surface area contributed by atoms with Crippen molar-refractivity contribution in [2.45, 2.75) is 17.9 Å². The van der Waals surface area contributed by atoms with Gasteiger partial charge in [-0.15, -0.1) is 0 Å². The van der Waals surface area contributed by atoms with Gasteiger partial charge in [0.2, 0.25) is 21.7 Å². The zero-order valence-corrected chi connectivity index (χ0v) is 14.3. The lowest BCUT2D eigenvalue weighted by atomic mass is 10.2. The SMILES string of the molecule is C[C@H](NS(=O)(=O)c1ccccc1)c1nc(-c2ccccc2Cl)no1. The van der Waals surface area contributed by atoms with Gasteiger partial charge in [0.1, 0.15) is 0 Å². The van der Waals surface area contributed by atoms with Crippen LogP contribution in [-0.4, -0.2) is 18.6 Å². The van der Waals surface area contributed by atoms with E-state index in [2.05, 4.69) is 14.9 Å². The van der Waals surface area contributed by atoms with Gasteiger partial charge in [-0.25, -0.2) is 8.42 Å². The van der Waals surface area contributed by atoms with Crippen molar-refractivity contribution < 1.29 is 12.9 Å². The van der Waals surface area contributed by atoms with E-state index in [0.717, 1.165) is 0 Å². The summed E-state index contributed by atoms with van der Waals surface area (Å²) in [6.45, 7) is 1.63. The van der Waals surface area contributed by atoms with Crippen LogP contribution in [0.2, 0.25) is 5.02 Å². The second kappa shape index (κ2) is 6.72. The molecule has 0 unspecified atom stereocenters. The van der Waals surface area contributed by atoms with Crippen molar-refractivity contribution >= 4 is 21.6 Å². The van der Waals surface area contributed by atoms with Gasteiger partial charge in [-0.05, 0) is 31.2 Å². The zero-order chi connectivity index (χ0) is 17.2. The van der Waals surface area contributed by atoms with Gasteiger partial charge in [-0.3, -0.25) is 0 Å². The topological polar surface area (TPSA) is 85.1 Å². The average Bonchev–Trinajstić information content (AvgIpc) is 3.06. The molecule has 0 radical (unpaired) electrons. The van der Waals surface area contributed by atoms with E-state index in [1.165, 1.54) is 12.1 Å². The molecule has 0 saturated carbocycles. The number of hydrogen-bond acceptors (Lipinski definition) is 5. The van der Waals surface area contributed by atoms with E-state index in [9.17, 15) is 8.42 Å². The fourth-order valence-electron chi connectivity index (χ4n) is 2.11. The third-order valence-electron chi connectivity index (χ3n) is 3.31. The minimum absolute atomic E-state index is 0.157. The fraction of sp³-hybridized carbons (Fsp3) is 0.125. The fourth-order valence-corrected chi connectivity index (χ4v) is 3.55. The predicted octanol–water partition coefficient (Wildman–Crippen LogP) is 3.43. The Labute approximate surface area is 144 Å². The van der Waals surface area contributed by atoms with E-state index < -0.39 is 16.1 Å². The Kier molecular flexibility index (Phi) is 4.66. The summed E-state index contributed by atoms with van der Waals surface area (Å²) < 4.78 is 32.3. The van der Waals surface area contributed by atoms with Crippen LogP contribution in [0.25, 0.3) is 11.4 Å². The molecule has 0 aliphatic rings. The molecular formula is C16H14ClN3O3S. The van der Waals surface area contributed by atoms with Crippen molar-refractivity contribution in [1.82, 2.24) is 14.9 Å². The molecule has 8 heteroatoms. The molecule has 1 aromatic heterocycles. The molecule has 1 atom stereocenters. The molecule has 0 bridgehead atoms. The van der Waals surface area contributed by atoms with E-state index in [-0.39, 0.29) is 10.8 Å². The summed E-state index contributed by atoms with van der Waals surface area (Å²) in [6, 6.07) is 14.5. The molecule has 0 fully saturated rings. The van der Waals surface area contributed by atoms with Crippen LogP contribution in [0, 0.1) is 0 Å². The van der Waals surface area contributed by atoms with Gasteiger partial charge in [-0.1, -0.05) is 47.1 Å². The Balaban J connectivity index is 1.82. The minimum Gasteiger partial charge on any atom is -0.337 e. The molecule has 24 heavy (non-hydrogen) atoms. The maximum atomic E-state index is 12.3. The lowest BCUT2D eigenvalue weighted by Crippen LogP contribution is -2.27. The van der Waals surface area contributed by atoms with Crippen LogP contribution < -0.4 is 4.72 Å². The first-order valence-corrected chi connectivity index (χ1v) is 8.99. The number of benzene rings is 2. The Bertz CT molecular complexity index is 942. The van der Waals surface area contributed by atoms with Gasteiger partial charge in [0, 0.05) is 5.56 Å². The molecule has 0 amide bonds. The zero-order valence-electron chi connectivity index (χ0n) is 12.7. The summed E-state index contributed by atoms with van der Waals surface area (Å²) in [5.74, 6) is 0.464. The van der Waals surface area contributed by atoms with Crippen LogP contribution in [-0.2, 0) is 10.0 Å². The van der Waals surface area contributed by atoms with Gasteiger partial charge in [0.15, 0.2) is 0 Å². The first-order valence-electron chi connectivity index (χ1n) is 7.13. The Morgan fingerprint density at radius 2 is 1.75 bits per heavy atom. The van der Waals surface area contributed by atoms with Crippen molar-refractivity contribution in [2.75, 3.05) is 0 Å². The standard InChI is InChI=1S/C16H14ClN3O3S/c1-11(20-24(21,22)12-7-3-2-4-8-12)16-18-15(19-23-16)13-9-5-6-10-14(13)17/h2-11,20H,1H3/t11-/m0/s1. The quantitative estimate of drug-likeness (QED) is 0.750. The number of hydrogen-bond donors (Lipinski definition) is 1. The highest BCUT2D eigenvalue weighted by molar-refractivity contribution is 7.89. The van der Waals surface area contributed by atoms with Crippen molar-refractivity contribution in [1.29, 1.82) is 0 Å². The van der Waals surface area contributed by atoms with Crippen molar-refractivity contribution in [3.63, 3.8) is 0 Å². The molecule has 124 valence electrons. The smallest absolute Gasteiger partial charge is 0.244 e. The van der Waals surface area contributed by atoms with Gasteiger partial charge in [0.05, 0.1) is 16.0 Å². The van der Waals surface area contributed by atoms with E-state index in [1.807, 2.05) is 0 Å². The first kappa shape index (κ1) is 16.6. The lowest BCUT2D eigenvalue weighted by molar-refractivity contribution is 0.354. The van der Waals surface area contributed by atoms with Crippen LogP contribution in [0.3, 0.4) is 0 Å². The van der Waals surface area contributed by atoms with Crippen LogP contribution in [0.15, 0.2) is 64.0 Å². The van der Waals surface area contributed by atoms with Crippen molar-refractivity contribution in [2.24, 2.45) is 0 Å². The third kappa shape index (κ3) is 3.48. The number of nitrogens with one attached hydrogen (secondary N) is 1. The van der Waals surface area contributed by atoms with Gasteiger partial charge < -0.3 is 4.52 Å². The molecule has 6 nitrogen and oxygen atoms in total. The lowest BCUT2D eigenvalue weighted by Gasteiger charge is -2.10. The number of nitrogens with zero attached hydrogens (tertiary/aromatic N) is 2. The van der Waals surface area contributed by atoms with Crippen molar-refractivity contribution in [3.05, 3.63) is 65.5 Å². The Morgan fingerprint density at radius 3 is 2.46 bits per heavy atom. The van der Waals surface area contributed by atoms with E-state index in [1.54, 1.807) is 49.4 Å². The molecule has 0 saturated heterocycles. The van der Waals surface area contributed by atoms with Crippen LogP contribution in [0.4, 0.5) is 0 Å². The maximum absolute atomic E-state index is 12.3. The summed E-state index contributed by atoms with van der Waals surface area (Å²) in [7, 11) is -3.68. The summed E-state index contributed by atoms with van der Waals surface area (Å²) in [5.41, 5.74) is 0.618. The number of sulfonamides is 1. The third-order valence-corrected chi connectivity index (χ3v) is 5.20. The highest BCUT2D eigenvalue weighted by Crippen LogP contribution is 2.26. The molecule has 3 aromatic rings. The number of rotatable bonds is 5. The van der Waals surface area contributed by atoms with E-state index in [0.29, 0.717) is 16.4 Å². The predicted molar refractivity (Wildman–Crippen MR) is 89.9 cm³/mol. The molecule has 1 N–H and O–H groups in total. The molecule has 3 rings (SSSR count). The summed E-state index contributed by atoms with van der Waals surface area (Å²) in [6.07, 6.45) is 0. The highest BCUT2D eigenvalue weighted by atomic mass is 35.5. The van der Waals surface area contributed by atoms with Gasteiger partial charge >= 0.3 is 0 Å². The van der Waals surface area contributed by atoms with Gasteiger partial charge in [0.25, 0.3) is 0 Å². The first-order chi connectivity index (χ1) is 11.5. The average molecular weight is 364 g/mol. The van der Waals surface area contributed by atoms with Crippen LogP contribution in [0.5, 0.6) is 0 Å². The molecule has 0 aliphatic heterocycles. The molecule has 0 spiro atoms. The van der Waals surface area contributed by atoms with Crippen molar-refractivity contribution in [3.8, 4) is 11.4 Å². The summed E-state index contributed by atoms with van der Waals surface area (Å²) in [5, 5.41) is 4.35.